The number of aliphatic carboxylic acids is 1. The van der Waals surface area contributed by atoms with Crippen molar-refractivity contribution in [3.8, 4) is 0 Å². The molecule has 0 aliphatic heterocycles. The number of nitrogens with one attached hydrogen (secondary N) is 1. The van der Waals surface area contributed by atoms with E-state index in [1.807, 2.05) is 0 Å². The number of aliphatic hydroxyl groups is 1. The van der Waals surface area contributed by atoms with Gasteiger partial charge in [-0.1, -0.05) is 150 Å². The molecule has 0 heterocycles. The van der Waals surface area contributed by atoms with E-state index < -0.39 is 42.0 Å². The number of rotatable bonds is 35. The van der Waals surface area contributed by atoms with Gasteiger partial charge in [-0.05, 0) is 43.9 Å². The van der Waals surface area contributed by atoms with Crippen LogP contribution in [0.25, 0.3) is 0 Å². The molecule has 0 aromatic carbocycles. The second-order valence-electron chi connectivity index (χ2n) is 15.3. The van der Waals surface area contributed by atoms with Crippen LogP contribution in [0.1, 0.15) is 201 Å². The third-order valence-corrected chi connectivity index (χ3v) is 9.26. The van der Waals surface area contributed by atoms with Crippen LogP contribution in [-0.2, 0) is 23.9 Å². The van der Waals surface area contributed by atoms with E-state index in [1.165, 1.54) is 83.5 Å². The van der Waals surface area contributed by atoms with E-state index in [2.05, 4.69) is 33.0 Å². The van der Waals surface area contributed by atoms with Gasteiger partial charge in [-0.2, -0.15) is 0 Å². The number of nitrogens with two attached hydrogens (primary N) is 1. The van der Waals surface area contributed by atoms with Gasteiger partial charge in [0.1, 0.15) is 12.1 Å². The first-order valence-corrected chi connectivity index (χ1v) is 20.1. The van der Waals surface area contributed by atoms with Crippen LogP contribution in [0.5, 0.6) is 0 Å². The van der Waals surface area contributed by atoms with Crippen molar-refractivity contribution in [2.45, 2.75) is 219 Å². The molecule has 0 saturated carbocycles. The molecule has 0 aliphatic carbocycles. The monoisotopic (exact) mass is 697 g/mol. The Labute approximate surface area is 299 Å². The second-order valence-corrected chi connectivity index (χ2v) is 15.3. The summed E-state index contributed by atoms with van der Waals surface area (Å²) in [6, 6.07) is -1.06. The van der Waals surface area contributed by atoms with Crippen molar-refractivity contribution in [1.82, 2.24) is 5.32 Å². The minimum atomic E-state index is -1.06. The molecule has 0 radical (unpaired) electrons. The predicted octanol–water partition coefficient (Wildman–Crippen LogP) is 9.16. The maximum absolute atomic E-state index is 13.2. The Hall–Kier alpha value is -2.16. The van der Waals surface area contributed by atoms with E-state index in [-0.39, 0.29) is 32.1 Å². The van der Waals surface area contributed by atoms with Crippen LogP contribution >= 0.6 is 0 Å². The molecule has 0 aromatic heterocycles. The van der Waals surface area contributed by atoms with Crippen LogP contribution in [0.3, 0.4) is 0 Å². The largest absolute Gasteiger partial charge is 0.481 e. The molecule has 0 spiro atoms. The van der Waals surface area contributed by atoms with E-state index in [4.69, 9.17) is 15.6 Å². The normalized spacial score (nSPS) is 13.4. The Morgan fingerprint density at radius 1 is 0.571 bits per heavy atom. The molecule has 0 aliphatic rings. The van der Waals surface area contributed by atoms with Crippen molar-refractivity contribution >= 4 is 23.8 Å². The number of carbonyl (C=O) groups excluding carboxylic acids is 3. The summed E-state index contributed by atoms with van der Waals surface area (Å²) in [4.78, 5) is 48.7. The fourth-order valence-electron chi connectivity index (χ4n) is 6.28. The lowest BCUT2D eigenvalue weighted by Gasteiger charge is -2.22. The van der Waals surface area contributed by atoms with Crippen molar-refractivity contribution in [2.75, 3.05) is 0 Å². The standard InChI is InChI=1S/C40H76N2O7/c1-32(2)24-19-15-11-7-5-9-13-17-21-26-34(43)30-38(45)42-36(28-23-29-39(46)47)40(48)49-35(31-37(41)44)27-22-18-14-10-6-8-12-16-20-25-33(3)4/h32-36,43H,5-31H2,1-4H3,(H2,41,44)(H,42,45)(H,46,47)/t34-,35-,36-/m0/s1. The molecule has 9 nitrogen and oxygen atoms in total. The van der Waals surface area contributed by atoms with E-state index >= 15 is 0 Å². The number of carboxylic acid groups (broad SMARTS) is 1. The predicted molar refractivity (Wildman–Crippen MR) is 199 cm³/mol. The van der Waals surface area contributed by atoms with Gasteiger partial charge in [0.2, 0.25) is 11.8 Å². The molecule has 5 N–H and O–H groups in total. The summed E-state index contributed by atoms with van der Waals surface area (Å²) in [5.41, 5.74) is 5.44. The third kappa shape index (κ3) is 32.8. The summed E-state index contributed by atoms with van der Waals surface area (Å²) in [7, 11) is 0. The van der Waals surface area contributed by atoms with Gasteiger partial charge in [0.15, 0.2) is 0 Å². The molecular weight excluding hydrogens is 620 g/mol. The Balaban J connectivity index is 4.54. The summed E-state index contributed by atoms with van der Waals surface area (Å²) < 4.78 is 5.67. The SMILES string of the molecule is CC(C)CCCCCCCCCCC[C@H](O)CC(=O)N[C@@H](CCCC(=O)O)C(=O)O[C@@H](CCCCCCCCCCCC(C)C)CC(N)=O. The average Bonchev–Trinajstić information content (AvgIpc) is 3.01. The van der Waals surface area contributed by atoms with Crippen LogP contribution in [0, 0.1) is 11.8 Å². The fourth-order valence-corrected chi connectivity index (χ4v) is 6.28. The molecule has 49 heavy (non-hydrogen) atoms. The highest BCUT2D eigenvalue weighted by molar-refractivity contribution is 5.85. The summed E-state index contributed by atoms with van der Waals surface area (Å²) in [5, 5.41) is 22.2. The molecule has 9 heteroatoms. The van der Waals surface area contributed by atoms with Gasteiger partial charge in [-0.3, -0.25) is 14.4 Å². The molecule has 3 atom stereocenters. The maximum Gasteiger partial charge on any atom is 0.328 e. The smallest absolute Gasteiger partial charge is 0.328 e. The number of ether oxygens (including phenoxy) is 1. The van der Waals surface area contributed by atoms with Gasteiger partial charge >= 0.3 is 11.9 Å². The van der Waals surface area contributed by atoms with Crippen LogP contribution in [-0.4, -0.2) is 52.2 Å². The summed E-state index contributed by atoms with van der Waals surface area (Å²) in [6.07, 6.45) is 23.0. The third-order valence-electron chi connectivity index (χ3n) is 9.26. The number of aliphatic hydroxyl groups excluding tert-OH is 1. The zero-order valence-electron chi connectivity index (χ0n) is 32.0. The first-order chi connectivity index (χ1) is 23.4. The van der Waals surface area contributed by atoms with Crippen LogP contribution in [0.4, 0.5) is 0 Å². The first-order valence-electron chi connectivity index (χ1n) is 20.1. The van der Waals surface area contributed by atoms with E-state index in [1.54, 1.807) is 0 Å². The molecule has 0 saturated heterocycles. The minimum absolute atomic E-state index is 0.0887. The van der Waals surface area contributed by atoms with Gasteiger partial charge < -0.3 is 26.0 Å². The zero-order chi connectivity index (χ0) is 36.7. The Morgan fingerprint density at radius 2 is 0.980 bits per heavy atom. The Morgan fingerprint density at radius 3 is 1.39 bits per heavy atom. The lowest BCUT2D eigenvalue weighted by Crippen LogP contribution is -2.44. The minimum Gasteiger partial charge on any atom is -0.481 e. The highest BCUT2D eigenvalue weighted by atomic mass is 16.5. The van der Waals surface area contributed by atoms with Gasteiger partial charge in [0, 0.05) is 6.42 Å². The van der Waals surface area contributed by atoms with E-state index in [9.17, 15) is 24.3 Å². The molecular formula is C40H76N2O7. The van der Waals surface area contributed by atoms with Crippen molar-refractivity contribution in [2.24, 2.45) is 17.6 Å². The van der Waals surface area contributed by atoms with Crippen molar-refractivity contribution < 1.29 is 34.1 Å². The van der Waals surface area contributed by atoms with E-state index in [0.29, 0.717) is 12.8 Å². The average molecular weight is 697 g/mol. The molecule has 0 bridgehead atoms. The quantitative estimate of drug-likeness (QED) is 0.0380. The highest BCUT2D eigenvalue weighted by Crippen LogP contribution is 2.18. The summed E-state index contributed by atoms with van der Waals surface area (Å²) in [6.45, 7) is 9.07. The number of carboxylic acids is 1. The highest BCUT2D eigenvalue weighted by Gasteiger charge is 2.27. The number of carbonyl (C=O) groups is 4. The fraction of sp³-hybridized carbons (Fsp3) is 0.900. The maximum atomic E-state index is 13.2. The number of esters is 1. The van der Waals surface area contributed by atoms with Gasteiger partial charge in [-0.25, -0.2) is 4.79 Å². The zero-order valence-corrected chi connectivity index (χ0v) is 32.0. The molecule has 0 rings (SSSR count). The molecule has 0 unspecified atom stereocenters. The lowest BCUT2D eigenvalue weighted by molar-refractivity contribution is -0.155. The molecule has 2 amide bonds. The van der Waals surface area contributed by atoms with Crippen molar-refractivity contribution in [3.63, 3.8) is 0 Å². The Bertz CT molecular complexity index is 848. The second kappa shape index (κ2) is 31.8. The van der Waals surface area contributed by atoms with Crippen LogP contribution in [0.15, 0.2) is 0 Å². The van der Waals surface area contributed by atoms with Crippen molar-refractivity contribution in [3.05, 3.63) is 0 Å². The lowest BCUT2D eigenvalue weighted by atomic mass is 10.0. The van der Waals surface area contributed by atoms with Crippen LogP contribution < -0.4 is 11.1 Å². The van der Waals surface area contributed by atoms with Gasteiger partial charge in [-0.15, -0.1) is 0 Å². The summed E-state index contributed by atoms with van der Waals surface area (Å²) in [5.74, 6) is -1.18. The molecule has 0 fully saturated rings. The number of hydrogen-bond acceptors (Lipinski definition) is 6. The number of hydrogen-bond donors (Lipinski definition) is 4. The van der Waals surface area contributed by atoms with Crippen LogP contribution in [0.2, 0.25) is 0 Å². The molecule has 288 valence electrons. The van der Waals surface area contributed by atoms with Gasteiger partial charge in [0.05, 0.1) is 18.9 Å². The summed E-state index contributed by atoms with van der Waals surface area (Å²) >= 11 is 0. The first kappa shape index (κ1) is 46.8. The number of primary amides is 1. The van der Waals surface area contributed by atoms with Gasteiger partial charge in [0.25, 0.3) is 0 Å². The Kier molecular flexibility index (Phi) is 30.4. The number of amides is 2. The van der Waals surface area contributed by atoms with Crippen molar-refractivity contribution in [1.29, 1.82) is 0 Å². The van der Waals surface area contributed by atoms with E-state index in [0.717, 1.165) is 56.8 Å². The molecule has 0 aromatic rings. The topological polar surface area (TPSA) is 156 Å². The number of unbranched alkanes of at least 4 members (excludes halogenated alkanes) is 16.